The zero-order valence-corrected chi connectivity index (χ0v) is 13.4. The number of nitrogens with one attached hydrogen (secondary N) is 1. The van der Waals surface area contributed by atoms with E-state index < -0.39 is 0 Å². The molecule has 0 saturated heterocycles. The van der Waals surface area contributed by atoms with Gasteiger partial charge in [0.05, 0.1) is 11.9 Å². The van der Waals surface area contributed by atoms with E-state index in [-0.39, 0.29) is 5.54 Å². The van der Waals surface area contributed by atoms with Gasteiger partial charge >= 0.3 is 0 Å². The lowest BCUT2D eigenvalue weighted by molar-refractivity contribution is 0.424. The summed E-state index contributed by atoms with van der Waals surface area (Å²) >= 11 is 0. The van der Waals surface area contributed by atoms with Gasteiger partial charge in [-0.3, -0.25) is 4.98 Å². The van der Waals surface area contributed by atoms with Crippen LogP contribution in [0.15, 0.2) is 48.8 Å². The molecule has 0 bridgehead atoms. The molecule has 0 unspecified atom stereocenters. The third kappa shape index (κ3) is 4.30. The van der Waals surface area contributed by atoms with Crippen LogP contribution >= 0.6 is 0 Å². The van der Waals surface area contributed by atoms with Crippen LogP contribution in [0.25, 0.3) is 0 Å². The molecule has 3 nitrogen and oxygen atoms in total. The molecule has 0 atom stereocenters. The number of nitrogens with zero attached hydrogens (tertiary/aromatic N) is 2. The summed E-state index contributed by atoms with van der Waals surface area (Å²) in [6, 6.07) is 12.6. The number of pyridine rings is 1. The average molecular weight is 283 g/mol. The number of anilines is 2. The standard InChI is InChI=1S/C18H25N3/c1-5-21(16-9-7-6-8-10-16)17-14-19-12-11-15(17)13-20-18(2,3)4/h6-12,14,20H,5,13H2,1-4H3. The Morgan fingerprint density at radius 1 is 1.10 bits per heavy atom. The van der Waals surface area contributed by atoms with Crippen LogP contribution in [0.4, 0.5) is 11.4 Å². The fourth-order valence-corrected chi connectivity index (χ4v) is 2.27. The van der Waals surface area contributed by atoms with Gasteiger partial charge in [0.2, 0.25) is 0 Å². The smallest absolute Gasteiger partial charge is 0.0642 e. The number of rotatable bonds is 5. The highest BCUT2D eigenvalue weighted by Crippen LogP contribution is 2.27. The maximum absolute atomic E-state index is 4.31. The van der Waals surface area contributed by atoms with Gasteiger partial charge in [0.15, 0.2) is 0 Å². The Balaban J connectivity index is 2.29. The molecule has 0 aliphatic heterocycles. The van der Waals surface area contributed by atoms with Crippen molar-refractivity contribution in [3.05, 3.63) is 54.4 Å². The van der Waals surface area contributed by atoms with Crippen molar-refractivity contribution in [2.24, 2.45) is 0 Å². The Hall–Kier alpha value is -1.87. The minimum atomic E-state index is 0.102. The second kappa shape index (κ2) is 6.72. The second-order valence-corrected chi connectivity index (χ2v) is 6.19. The van der Waals surface area contributed by atoms with Crippen LogP contribution in [-0.4, -0.2) is 17.1 Å². The van der Waals surface area contributed by atoms with E-state index in [0.717, 1.165) is 13.1 Å². The van der Waals surface area contributed by atoms with Crippen molar-refractivity contribution in [2.45, 2.75) is 39.8 Å². The maximum Gasteiger partial charge on any atom is 0.0642 e. The summed E-state index contributed by atoms with van der Waals surface area (Å²) in [5.41, 5.74) is 3.74. The molecular weight excluding hydrogens is 258 g/mol. The van der Waals surface area contributed by atoms with Crippen molar-refractivity contribution in [3.8, 4) is 0 Å². The summed E-state index contributed by atoms with van der Waals surface area (Å²) < 4.78 is 0. The fraction of sp³-hybridized carbons (Fsp3) is 0.389. The molecule has 21 heavy (non-hydrogen) atoms. The van der Waals surface area contributed by atoms with Gasteiger partial charge in [0.25, 0.3) is 0 Å². The second-order valence-electron chi connectivity index (χ2n) is 6.19. The van der Waals surface area contributed by atoms with Crippen LogP contribution in [0, 0.1) is 0 Å². The molecule has 0 aliphatic carbocycles. The average Bonchev–Trinajstić information content (AvgIpc) is 2.47. The van der Waals surface area contributed by atoms with Gasteiger partial charge in [-0.05, 0) is 51.5 Å². The monoisotopic (exact) mass is 283 g/mol. The zero-order valence-electron chi connectivity index (χ0n) is 13.4. The minimum Gasteiger partial charge on any atom is -0.340 e. The Kier molecular flexibility index (Phi) is 4.97. The van der Waals surface area contributed by atoms with Crippen LogP contribution in [0.2, 0.25) is 0 Å². The largest absolute Gasteiger partial charge is 0.340 e. The zero-order chi connectivity index (χ0) is 15.3. The Morgan fingerprint density at radius 2 is 1.81 bits per heavy atom. The number of para-hydroxylation sites is 1. The van der Waals surface area contributed by atoms with E-state index in [2.05, 4.69) is 73.2 Å². The van der Waals surface area contributed by atoms with Gasteiger partial charge < -0.3 is 10.2 Å². The first-order valence-corrected chi connectivity index (χ1v) is 7.52. The summed E-state index contributed by atoms with van der Waals surface area (Å²) in [6.45, 7) is 10.5. The maximum atomic E-state index is 4.31. The van der Waals surface area contributed by atoms with E-state index in [1.807, 2.05) is 18.5 Å². The first-order chi connectivity index (χ1) is 10.0. The lowest BCUT2D eigenvalue weighted by Gasteiger charge is -2.27. The van der Waals surface area contributed by atoms with Crippen molar-refractivity contribution in [3.63, 3.8) is 0 Å². The topological polar surface area (TPSA) is 28.2 Å². The molecule has 0 saturated carbocycles. The Labute approximate surface area is 128 Å². The van der Waals surface area contributed by atoms with Crippen LogP contribution < -0.4 is 10.2 Å². The SMILES string of the molecule is CCN(c1ccccc1)c1cnccc1CNC(C)(C)C. The summed E-state index contributed by atoms with van der Waals surface area (Å²) in [4.78, 5) is 6.61. The lowest BCUT2D eigenvalue weighted by atomic mass is 10.1. The molecule has 112 valence electrons. The summed E-state index contributed by atoms with van der Waals surface area (Å²) in [7, 11) is 0. The number of aromatic nitrogens is 1. The molecule has 1 aromatic heterocycles. The van der Waals surface area contributed by atoms with Crippen molar-refractivity contribution < 1.29 is 0 Å². The summed E-state index contributed by atoms with van der Waals surface area (Å²) in [5, 5.41) is 3.55. The molecule has 1 N–H and O–H groups in total. The van der Waals surface area contributed by atoms with E-state index >= 15 is 0 Å². The predicted molar refractivity (Wildman–Crippen MR) is 90.0 cm³/mol. The molecule has 0 spiro atoms. The Morgan fingerprint density at radius 3 is 2.43 bits per heavy atom. The Bertz CT molecular complexity index is 558. The predicted octanol–water partition coefficient (Wildman–Crippen LogP) is 4.13. The summed E-state index contributed by atoms with van der Waals surface area (Å²) in [6.07, 6.45) is 3.82. The number of hydrogen-bond acceptors (Lipinski definition) is 3. The lowest BCUT2D eigenvalue weighted by Crippen LogP contribution is -2.35. The van der Waals surface area contributed by atoms with Crippen LogP contribution in [0.5, 0.6) is 0 Å². The van der Waals surface area contributed by atoms with Gasteiger partial charge in [-0.1, -0.05) is 18.2 Å². The van der Waals surface area contributed by atoms with Crippen molar-refractivity contribution >= 4 is 11.4 Å². The first-order valence-electron chi connectivity index (χ1n) is 7.52. The minimum absolute atomic E-state index is 0.102. The molecule has 3 heteroatoms. The van der Waals surface area contributed by atoms with Crippen LogP contribution in [0.1, 0.15) is 33.3 Å². The molecule has 0 amide bonds. The highest BCUT2D eigenvalue weighted by molar-refractivity contribution is 5.65. The van der Waals surface area contributed by atoms with Crippen LogP contribution in [-0.2, 0) is 6.54 Å². The van der Waals surface area contributed by atoms with E-state index in [9.17, 15) is 0 Å². The number of hydrogen-bond donors (Lipinski definition) is 1. The molecular formula is C18H25N3. The van der Waals surface area contributed by atoms with Crippen molar-refractivity contribution in [1.82, 2.24) is 10.3 Å². The van der Waals surface area contributed by atoms with E-state index in [1.54, 1.807) is 0 Å². The molecule has 0 fully saturated rings. The first kappa shape index (κ1) is 15.5. The van der Waals surface area contributed by atoms with Gasteiger partial charge in [-0.25, -0.2) is 0 Å². The third-order valence-electron chi connectivity index (χ3n) is 3.37. The van der Waals surface area contributed by atoms with Gasteiger partial charge in [0, 0.05) is 30.5 Å². The number of benzene rings is 1. The van der Waals surface area contributed by atoms with E-state index in [0.29, 0.717) is 0 Å². The van der Waals surface area contributed by atoms with Crippen molar-refractivity contribution in [2.75, 3.05) is 11.4 Å². The quantitative estimate of drug-likeness (QED) is 0.894. The van der Waals surface area contributed by atoms with Crippen LogP contribution in [0.3, 0.4) is 0 Å². The van der Waals surface area contributed by atoms with E-state index in [1.165, 1.54) is 16.9 Å². The highest BCUT2D eigenvalue weighted by Gasteiger charge is 2.14. The highest BCUT2D eigenvalue weighted by atomic mass is 15.1. The molecule has 2 rings (SSSR count). The van der Waals surface area contributed by atoms with Gasteiger partial charge in [-0.2, -0.15) is 0 Å². The van der Waals surface area contributed by atoms with Gasteiger partial charge in [0.1, 0.15) is 0 Å². The van der Waals surface area contributed by atoms with Crippen molar-refractivity contribution in [1.29, 1.82) is 0 Å². The van der Waals surface area contributed by atoms with Gasteiger partial charge in [-0.15, -0.1) is 0 Å². The molecule has 1 aromatic carbocycles. The fourth-order valence-electron chi connectivity index (χ4n) is 2.27. The summed E-state index contributed by atoms with van der Waals surface area (Å²) in [5.74, 6) is 0. The third-order valence-corrected chi connectivity index (χ3v) is 3.37. The molecule has 2 aromatic rings. The molecule has 1 heterocycles. The normalized spacial score (nSPS) is 11.4. The van der Waals surface area contributed by atoms with E-state index in [4.69, 9.17) is 0 Å². The molecule has 0 radical (unpaired) electrons. The molecule has 0 aliphatic rings.